The lowest BCUT2D eigenvalue weighted by Gasteiger charge is -2.19. The second-order valence-corrected chi connectivity index (χ2v) is 4.69. The number of nitrogens with one attached hydrogen (secondary N) is 1. The minimum atomic E-state index is 0.209. The van der Waals surface area contributed by atoms with E-state index in [1.165, 1.54) is 5.56 Å². The molecule has 0 saturated carbocycles. The summed E-state index contributed by atoms with van der Waals surface area (Å²) >= 11 is 0. The Kier molecular flexibility index (Phi) is 5.48. The molecule has 1 unspecified atom stereocenters. The molecule has 1 aromatic carbocycles. The van der Waals surface area contributed by atoms with Gasteiger partial charge in [-0.05, 0) is 37.1 Å². The number of hydrogen-bond acceptors (Lipinski definition) is 4. The average Bonchev–Trinajstić information content (AvgIpc) is 2.90. The third-order valence-electron chi connectivity index (χ3n) is 3.07. The van der Waals surface area contributed by atoms with Crippen molar-refractivity contribution in [3.05, 3.63) is 23.8 Å². The maximum atomic E-state index is 5.68. The molecule has 106 valence electrons. The number of hydrogen-bond donors (Lipinski definition) is 1. The molecule has 0 spiro atoms. The molecule has 0 amide bonds. The fraction of sp³-hybridized carbons (Fsp3) is 0.600. The molecule has 19 heavy (non-hydrogen) atoms. The summed E-state index contributed by atoms with van der Waals surface area (Å²) in [6.45, 7) is 7.07. The van der Waals surface area contributed by atoms with E-state index in [1.807, 2.05) is 12.1 Å². The molecule has 1 aromatic rings. The highest BCUT2D eigenvalue weighted by Gasteiger charge is 2.17. The Morgan fingerprint density at radius 2 is 2.05 bits per heavy atom. The van der Waals surface area contributed by atoms with Crippen LogP contribution in [0.25, 0.3) is 0 Å². The van der Waals surface area contributed by atoms with Gasteiger partial charge in [-0.25, -0.2) is 0 Å². The Balaban J connectivity index is 2.03. The number of fused-ring (bicyclic) bond motifs is 1. The fourth-order valence-corrected chi connectivity index (χ4v) is 2.07. The molecular weight excluding hydrogens is 242 g/mol. The Morgan fingerprint density at radius 3 is 2.84 bits per heavy atom. The van der Waals surface area contributed by atoms with Crippen molar-refractivity contribution in [2.24, 2.45) is 0 Å². The average molecular weight is 265 g/mol. The highest BCUT2D eigenvalue weighted by molar-refractivity contribution is 5.45. The first-order valence-corrected chi connectivity index (χ1v) is 7.05. The van der Waals surface area contributed by atoms with E-state index in [4.69, 9.17) is 14.2 Å². The molecule has 1 aliphatic heterocycles. The normalized spacial score (nSPS) is 14.6. The van der Waals surface area contributed by atoms with Gasteiger partial charge in [0.05, 0.1) is 12.6 Å². The van der Waals surface area contributed by atoms with Gasteiger partial charge in [0.1, 0.15) is 0 Å². The smallest absolute Gasteiger partial charge is 0.231 e. The van der Waals surface area contributed by atoms with Crippen molar-refractivity contribution < 1.29 is 14.2 Å². The van der Waals surface area contributed by atoms with Gasteiger partial charge in [0, 0.05) is 6.61 Å². The third-order valence-corrected chi connectivity index (χ3v) is 3.07. The van der Waals surface area contributed by atoms with E-state index in [1.54, 1.807) is 0 Å². The molecule has 0 bridgehead atoms. The van der Waals surface area contributed by atoms with Crippen LogP contribution in [0.2, 0.25) is 0 Å². The largest absolute Gasteiger partial charge is 0.454 e. The van der Waals surface area contributed by atoms with Gasteiger partial charge in [0.2, 0.25) is 6.79 Å². The number of rotatable bonds is 8. The molecular formula is C15H23NO3. The Morgan fingerprint density at radius 1 is 1.21 bits per heavy atom. The molecule has 1 heterocycles. The second kappa shape index (κ2) is 7.36. The lowest BCUT2D eigenvalue weighted by Crippen LogP contribution is -2.26. The summed E-state index contributed by atoms with van der Waals surface area (Å²) in [6.07, 6.45) is 2.15. The number of ether oxygens (including phenoxy) is 3. The van der Waals surface area contributed by atoms with Gasteiger partial charge in [-0.2, -0.15) is 0 Å². The van der Waals surface area contributed by atoms with E-state index in [0.717, 1.165) is 37.5 Å². The monoisotopic (exact) mass is 265 g/mol. The van der Waals surface area contributed by atoms with Crippen LogP contribution in [0.5, 0.6) is 11.5 Å². The first-order chi connectivity index (χ1) is 9.35. The van der Waals surface area contributed by atoms with Crippen LogP contribution in [0.4, 0.5) is 0 Å². The summed E-state index contributed by atoms with van der Waals surface area (Å²) in [7, 11) is 0. The summed E-state index contributed by atoms with van der Waals surface area (Å²) in [4.78, 5) is 0. The summed E-state index contributed by atoms with van der Waals surface area (Å²) < 4.78 is 16.4. The molecule has 0 fully saturated rings. The van der Waals surface area contributed by atoms with Crippen molar-refractivity contribution in [1.29, 1.82) is 0 Å². The van der Waals surface area contributed by atoms with Crippen molar-refractivity contribution >= 4 is 0 Å². The Labute approximate surface area is 115 Å². The van der Waals surface area contributed by atoms with Gasteiger partial charge in [-0.15, -0.1) is 0 Å². The molecule has 0 aliphatic carbocycles. The van der Waals surface area contributed by atoms with Crippen molar-refractivity contribution in [2.45, 2.75) is 32.7 Å². The van der Waals surface area contributed by atoms with E-state index in [2.05, 4.69) is 25.2 Å². The van der Waals surface area contributed by atoms with Crippen molar-refractivity contribution in [3.8, 4) is 11.5 Å². The molecule has 0 saturated heterocycles. The van der Waals surface area contributed by atoms with Crippen LogP contribution in [0.3, 0.4) is 0 Å². The quantitative estimate of drug-likeness (QED) is 0.734. The maximum Gasteiger partial charge on any atom is 0.231 e. The summed E-state index contributed by atoms with van der Waals surface area (Å²) in [5.74, 6) is 1.66. The van der Waals surface area contributed by atoms with Crippen molar-refractivity contribution in [2.75, 3.05) is 26.6 Å². The first-order valence-electron chi connectivity index (χ1n) is 7.05. The zero-order chi connectivity index (χ0) is 13.5. The van der Waals surface area contributed by atoms with Crippen LogP contribution in [-0.2, 0) is 4.74 Å². The molecule has 0 aromatic heterocycles. The molecule has 1 aliphatic rings. The standard InChI is InChI=1S/C15H23NO3/c1-3-7-16-13(10-17-8-4-2)12-5-6-14-15(9-12)19-11-18-14/h5-6,9,13,16H,3-4,7-8,10-11H2,1-2H3. The van der Waals surface area contributed by atoms with E-state index < -0.39 is 0 Å². The lowest BCUT2D eigenvalue weighted by molar-refractivity contribution is 0.112. The predicted octanol–water partition coefficient (Wildman–Crippen LogP) is 2.88. The van der Waals surface area contributed by atoms with Crippen LogP contribution in [0.15, 0.2) is 18.2 Å². The SMILES string of the molecule is CCCNC(COCCC)c1ccc2c(c1)OCO2. The van der Waals surface area contributed by atoms with Gasteiger partial charge >= 0.3 is 0 Å². The van der Waals surface area contributed by atoms with Gasteiger partial charge in [0.25, 0.3) is 0 Å². The minimum Gasteiger partial charge on any atom is -0.454 e. The Hall–Kier alpha value is -1.26. The molecule has 4 heteroatoms. The van der Waals surface area contributed by atoms with Gasteiger partial charge in [-0.3, -0.25) is 0 Å². The van der Waals surface area contributed by atoms with Crippen LogP contribution < -0.4 is 14.8 Å². The molecule has 1 N–H and O–H groups in total. The molecule has 2 rings (SSSR count). The van der Waals surface area contributed by atoms with Gasteiger partial charge in [-0.1, -0.05) is 19.9 Å². The van der Waals surface area contributed by atoms with Crippen LogP contribution in [0.1, 0.15) is 38.3 Å². The maximum absolute atomic E-state index is 5.68. The molecule has 0 radical (unpaired) electrons. The van der Waals surface area contributed by atoms with Crippen molar-refractivity contribution in [1.82, 2.24) is 5.32 Å². The zero-order valence-corrected chi connectivity index (χ0v) is 11.8. The highest BCUT2D eigenvalue weighted by Crippen LogP contribution is 2.34. The molecule has 1 atom stereocenters. The fourth-order valence-electron chi connectivity index (χ4n) is 2.07. The second-order valence-electron chi connectivity index (χ2n) is 4.69. The third kappa shape index (κ3) is 3.85. The highest BCUT2D eigenvalue weighted by atomic mass is 16.7. The topological polar surface area (TPSA) is 39.7 Å². The summed E-state index contributed by atoms with van der Waals surface area (Å²) in [5, 5.41) is 3.51. The van der Waals surface area contributed by atoms with Crippen LogP contribution >= 0.6 is 0 Å². The van der Waals surface area contributed by atoms with Crippen molar-refractivity contribution in [3.63, 3.8) is 0 Å². The summed E-state index contributed by atoms with van der Waals surface area (Å²) in [6, 6.07) is 6.31. The number of benzene rings is 1. The van der Waals surface area contributed by atoms with E-state index in [9.17, 15) is 0 Å². The molecule has 4 nitrogen and oxygen atoms in total. The van der Waals surface area contributed by atoms with Crippen LogP contribution in [0, 0.1) is 0 Å². The predicted molar refractivity (Wildman–Crippen MR) is 74.7 cm³/mol. The van der Waals surface area contributed by atoms with E-state index in [-0.39, 0.29) is 6.04 Å². The van der Waals surface area contributed by atoms with Gasteiger partial charge < -0.3 is 19.5 Å². The van der Waals surface area contributed by atoms with E-state index in [0.29, 0.717) is 13.4 Å². The minimum absolute atomic E-state index is 0.209. The lowest BCUT2D eigenvalue weighted by atomic mass is 10.1. The van der Waals surface area contributed by atoms with Crippen LogP contribution in [-0.4, -0.2) is 26.6 Å². The Bertz CT molecular complexity index is 395. The summed E-state index contributed by atoms with van der Waals surface area (Å²) in [5.41, 5.74) is 1.19. The zero-order valence-electron chi connectivity index (χ0n) is 11.8. The first kappa shape index (κ1) is 14.2. The van der Waals surface area contributed by atoms with Gasteiger partial charge in [0.15, 0.2) is 11.5 Å². The van der Waals surface area contributed by atoms with E-state index >= 15 is 0 Å².